The minimum atomic E-state index is -3.87. The minimum absolute atomic E-state index is 0.0834. The molecule has 3 aromatic rings. The van der Waals surface area contributed by atoms with E-state index >= 15 is 0 Å². The summed E-state index contributed by atoms with van der Waals surface area (Å²) in [5, 5.41) is -0.648. The summed E-state index contributed by atoms with van der Waals surface area (Å²) in [6.07, 6.45) is 0.0834. The molecule has 0 spiro atoms. The molecule has 28 heavy (non-hydrogen) atoms. The van der Waals surface area contributed by atoms with Gasteiger partial charge in [-0.3, -0.25) is 4.79 Å². The monoisotopic (exact) mass is 412 g/mol. The van der Waals surface area contributed by atoms with Crippen molar-refractivity contribution >= 4 is 27.2 Å². The lowest BCUT2D eigenvalue weighted by molar-refractivity contribution is 0.0986. The van der Waals surface area contributed by atoms with Gasteiger partial charge in [-0.15, -0.1) is 0 Å². The van der Waals surface area contributed by atoms with Gasteiger partial charge in [-0.2, -0.15) is 0 Å². The quantitative estimate of drug-likeness (QED) is 0.521. The van der Waals surface area contributed by atoms with Crippen LogP contribution in [0.5, 0.6) is 0 Å². The maximum Gasteiger partial charge on any atom is 0.189 e. The Kier molecular flexibility index (Phi) is 6.01. The highest BCUT2D eigenvalue weighted by atomic mass is 35.5. The standard InChI is InChI=1S/C23H21ClO3S/c1-16-3-9-19(10-4-16)23(25)22(15-18-7-11-20(24)12-8-18)28(26,27)21-13-5-17(2)6-14-21/h3-14,22H,15H2,1-2H3/t22-/m0/s1. The molecule has 3 aromatic carbocycles. The first-order valence-corrected chi connectivity index (χ1v) is 10.9. The van der Waals surface area contributed by atoms with Gasteiger partial charge in [-0.25, -0.2) is 8.42 Å². The summed E-state index contributed by atoms with van der Waals surface area (Å²) in [6, 6.07) is 20.5. The Morgan fingerprint density at radius 1 is 0.821 bits per heavy atom. The van der Waals surface area contributed by atoms with Gasteiger partial charge in [0.25, 0.3) is 0 Å². The van der Waals surface area contributed by atoms with Crippen molar-refractivity contribution in [2.24, 2.45) is 0 Å². The zero-order valence-electron chi connectivity index (χ0n) is 15.7. The summed E-state index contributed by atoms with van der Waals surface area (Å²) in [5.74, 6) is -0.407. The number of sulfone groups is 1. The van der Waals surface area contributed by atoms with E-state index in [-0.39, 0.29) is 11.3 Å². The van der Waals surface area contributed by atoms with E-state index in [1.807, 2.05) is 26.0 Å². The molecule has 0 saturated heterocycles. The van der Waals surface area contributed by atoms with E-state index in [2.05, 4.69) is 0 Å². The molecule has 144 valence electrons. The molecule has 0 bridgehead atoms. The average molecular weight is 413 g/mol. The van der Waals surface area contributed by atoms with Crippen LogP contribution in [0.25, 0.3) is 0 Å². The van der Waals surface area contributed by atoms with Gasteiger partial charge in [0, 0.05) is 10.6 Å². The predicted molar refractivity (Wildman–Crippen MR) is 113 cm³/mol. The number of rotatable bonds is 6. The molecule has 3 rings (SSSR count). The summed E-state index contributed by atoms with van der Waals surface area (Å²) in [5.41, 5.74) is 3.09. The second-order valence-electron chi connectivity index (χ2n) is 6.91. The van der Waals surface area contributed by atoms with Gasteiger partial charge in [-0.05, 0) is 50.1 Å². The molecule has 0 heterocycles. The molecule has 0 fully saturated rings. The molecule has 0 N–H and O–H groups in total. The van der Waals surface area contributed by atoms with Crippen LogP contribution in [0.2, 0.25) is 5.02 Å². The maximum absolute atomic E-state index is 13.3. The number of Topliss-reactive ketones (excluding diaryl/α,β-unsaturated/α-hetero) is 1. The molecule has 0 radical (unpaired) electrons. The van der Waals surface area contributed by atoms with Crippen molar-refractivity contribution < 1.29 is 13.2 Å². The average Bonchev–Trinajstić information content (AvgIpc) is 2.68. The van der Waals surface area contributed by atoms with Crippen molar-refractivity contribution in [3.63, 3.8) is 0 Å². The van der Waals surface area contributed by atoms with Crippen molar-refractivity contribution in [3.8, 4) is 0 Å². The van der Waals surface area contributed by atoms with Gasteiger partial charge in [0.2, 0.25) is 0 Å². The molecular formula is C23H21ClO3S. The molecular weight excluding hydrogens is 392 g/mol. The van der Waals surface area contributed by atoms with Crippen LogP contribution in [0, 0.1) is 13.8 Å². The lowest BCUT2D eigenvalue weighted by atomic mass is 10.0. The molecule has 0 amide bonds. The first-order valence-electron chi connectivity index (χ1n) is 8.93. The molecule has 0 aromatic heterocycles. The summed E-state index contributed by atoms with van der Waals surface area (Å²) < 4.78 is 26.7. The second kappa shape index (κ2) is 8.29. The van der Waals surface area contributed by atoms with Gasteiger partial charge < -0.3 is 0 Å². The van der Waals surface area contributed by atoms with Crippen LogP contribution in [-0.4, -0.2) is 19.5 Å². The van der Waals surface area contributed by atoms with Crippen LogP contribution < -0.4 is 0 Å². The normalized spacial score (nSPS) is 12.5. The molecule has 1 atom stereocenters. The zero-order valence-corrected chi connectivity index (χ0v) is 17.3. The number of aryl methyl sites for hydroxylation is 2. The van der Waals surface area contributed by atoms with E-state index in [9.17, 15) is 13.2 Å². The van der Waals surface area contributed by atoms with Crippen molar-refractivity contribution in [2.75, 3.05) is 0 Å². The highest BCUT2D eigenvalue weighted by molar-refractivity contribution is 7.92. The Balaban J connectivity index is 2.04. The van der Waals surface area contributed by atoms with Crippen LogP contribution in [0.4, 0.5) is 0 Å². The Bertz CT molecular complexity index is 1070. The Morgan fingerprint density at radius 2 is 1.32 bits per heavy atom. The molecule has 0 aliphatic heterocycles. The first kappa shape index (κ1) is 20.3. The summed E-state index contributed by atoms with van der Waals surface area (Å²) >= 11 is 5.94. The SMILES string of the molecule is Cc1ccc(C(=O)[C@H](Cc2ccc(Cl)cc2)S(=O)(=O)c2ccc(C)cc2)cc1. The van der Waals surface area contributed by atoms with Gasteiger partial charge in [0.1, 0.15) is 5.25 Å². The number of hydrogen-bond acceptors (Lipinski definition) is 3. The largest absolute Gasteiger partial charge is 0.293 e. The van der Waals surface area contributed by atoms with E-state index in [0.29, 0.717) is 10.6 Å². The molecule has 3 nitrogen and oxygen atoms in total. The highest BCUT2D eigenvalue weighted by Gasteiger charge is 2.34. The number of carbonyl (C=O) groups excluding carboxylic acids is 1. The van der Waals surface area contributed by atoms with Crippen molar-refractivity contribution in [1.29, 1.82) is 0 Å². The van der Waals surface area contributed by atoms with Crippen molar-refractivity contribution in [3.05, 3.63) is 100 Å². The van der Waals surface area contributed by atoms with Crippen LogP contribution in [0.1, 0.15) is 27.0 Å². The van der Waals surface area contributed by atoms with Gasteiger partial charge in [0.15, 0.2) is 15.6 Å². The van der Waals surface area contributed by atoms with Gasteiger partial charge >= 0.3 is 0 Å². The fraction of sp³-hybridized carbons (Fsp3) is 0.174. The number of halogens is 1. The fourth-order valence-corrected chi connectivity index (χ4v) is 4.77. The van der Waals surface area contributed by atoms with E-state index < -0.39 is 20.9 Å². The van der Waals surface area contributed by atoms with E-state index in [4.69, 9.17) is 11.6 Å². The van der Waals surface area contributed by atoms with Gasteiger partial charge in [-0.1, -0.05) is 71.3 Å². The third-order valence-corrected chi connectivity index (χ3v) is 7.00. The number of carbonyl (C=O) groups is 1. The van der Waals surface area contributed by atoms with Crippen molar-refractivity contribution in [1.82, 2.24) is 0 Å². The zero-order chi connectivity index (χ0) is 20.3. The summed E-state index contributed by atoms with van der Waals surface area (Å²) in [7, 11) is -3.87. The van der Waals surface area contributed by atoms with Gasteiger partial charge in [0.05, 0.1) is 4.90 Å². The minimum Gasteiger partial charge on any atom is -0.293 e. The lowest BCUT2D eigenvalue weighted by Gasteiger charge is -2.18. The second-order valence-corrected chi connectivity index (χ2v) is 9.47. The topological polar surface area (TPSA) is 51.2 Å². The maximum atomic E-state index is 13.3. The Labute approximate surface area is 170 Å². The molecule has 0 saturated carbocycles. The Hall–Kier alpha value is -2.43. The fourth-order valence-electron chi connectivity index (χ4n) is 2.97. The molecule has 0 aliphatic rings. The highest BCUT2D eigenvalue weighted by Crippen LogP contribution is 2.24. The smallest absolute Gasteiger partial charge is 0.189 e. The third-order valence-electron chi connectivity index (χ3n) is 4.69. The first-order chi connectivity index (χ1) is 13.3. The third kappa shape index (κ3) is 4.51. The van der Waals surface area contributed by atoms with Crippen molar-refractivity contribution in [2.45, 2.75) is 30.4 Å². The molecule has 0 aliphatic carbocycles. The summed E-state index contributed by atoms with van der Waals surface area (Å²) in [6.45, 7) is 3.81. The van der Waals surface area contributed by atoms with Crippen LogP contribution in [-0.2, 0) is 16.3 Å². The summed E-state index contributed by atoms with van der Waals surface area (Å²) in [4.78, 5) is 13.4. The lowest BCUT2D eigenvalue weighted by Crippen LogP contribution is -2.33. The molecule has 0 unspecified atom stereocenters. The van der Waals surface area contributed by atoms with Crippen LogP contribution in [0.15, 0.2) is 77.7 Å². The van der Waals surface area contributed by atoms with Crippen LogP contribution >= 0.6 is 11.6 Å². The number of benzene rings is 3. The Morgan fingerprint density at radius 3 is 1.86 bits per heavy atom. The predicted octanol–water partition coefficient (Wildman–Crippen LogP) is 5.22. The molecule has 5 heteroatoms. The number of ketones is 1. The van der Waals surface area contributed by atoms with E-state index in [1.54, 1.807) is 60.7 Å². The van der Waals surface area contributed by atoms with E-state index in [1.165, 1.54) is 0 Å². The van der Waals surface area contributed by atoms with E-state index in [0.717, 1.165) is 16.7 Å². The number of hydrogen-bond donors (Lipinski definition) is 0. The van der Waals surface area contributed by atoms with Crippen LogP contribution in [0.3, 0.4) is 0 Å².